The van der Waals surface area contributed by atoms with Gasteiger partial charge in [-0.15, -0.1) is 11.6 Å². The van der Waals surface area contributed by atoms with Gasteiger partial charge >= 0.3 is 0 Å². The van der Waals surface area contributed by atoms with E-state index in [1.807, 2.05) is 6.07 Å². The molecule has 0 aliphatic carbocycles. The number of nitro groups is 1. The second kappa shape index (κ2) is 5.57. The summed E-state index contributed by atoms with van der Waals surface area (Å²) in [6.07, 6.45) is 2.37. The number of hydrogen-bond donors (Lipinski definition) is 0. The van der Waals surface area contributed by atoms with Gasteiger partial charge in [0.05, 0.1) is 4.92 Å². The number of rotatable bonds is 4. The first-order valence-corrected chi connectivity index (χ1v) is 6.77. The maximum Gasteiger partial charge on any atom is 0.269 e. The van der Waals surface area contributed by atoms with Crippen molar-refractivity contribution in [3.8, 4) is 0 Å². The summed E-state index contributed by atoms with van der Waals surface area (Å²) < 4.78 is 0. The van der Waals surface area contributed by atoms with Gasteiger partial charge in [0.15, 0.2) is 0 Å². The number of hydrogen-bond acceptors (Lipinski definition) is 3. The molecule has 2 rings (SSSR count). The molecule has 0 amide bonds. The van der Waals surface area contributed by atoms with Gasteiger partial charge in [-0.05, 0) is 24.0 Å². The normalized spacial score (nSPS) is 19.2. The second-order valence-corrected chi connectivity index (χ2v) is 4.98. The van der Waals surface area contributed by atoms with Crippen LogP contribution in [0.25, 0.3) is 0 Å². The first-order valence-electron chi connectivity index (χ1n) is 6.24. The fraction of sp³-hybridized carbons (Fsp3) is 0.538. The summed E-state index contributed by atoms with van der Waals surface area (Å²) in [5.74, 6) is 1.04. The molecule has 1 heterocycles. The third-order valence-corrected chi connectivity index (χ3v) is 3.91. The topological polar surface area (TPSA) is 46.4 Å². The second-order valence-electron chi connectivity index (χ2n) is 4.71. The molecule has 1 fully saturated rings. The lowest BCUT2D eigenvalue weighted by molar-refractivity contribution is -0.384. The van der Waals surface area contributed by atoms with E-state index in [1.165, 1.54) is 12.8 Å². The van der Waals surface area contributed by atoms with E-state index < -0.39 is 0 Å². The molecule has 1 atom stereocenters. The summed E-state index contributed by atoms with van der Waals surface area (Å²) in [5, 5.41) is 10.7. The van der Waals surface area contributed by atoms with Crippen molar-refractivity contribution in [2.24, 2.45) is 5.92 Å². The molecule has 0 N–H and O–H groups in total. The van der Waals surface area contributed by atoms with Gasteiger partial charge in [0.2, 0.25) is 0 Å². The molecule has 0 spiro atoms. The van der Waals surface area contributed by atoms with Crippen molar-refractivity contribution < 1.29 is 4.92 Å². The fourth-order valence-electron chi connectivity index (χ4n) is 2.49. The summed E-state index contributed by atoms with van der Waals surface area (Å²) in [5.41, 5.74) is 2.01. The van der Waals surface area contributed by atoms with E-state index in [0.717, 1.165) is 30.3 Å². The van der Waals surface area contributed by atoms with Crippen LogP contribution >= 0.6 is 11.6 Å². The van der Waals surface area contributed by atoms with Gasteiger partial charge in [-0.1, -0.05) is 13.3 Å². The molecule has 5 heteroatoms. The number of nitrogens with zero attached hydrogens (tertiary/aromatic N) is 2. The Hall–Kier alpha value is -1.29. The first-order chi connectivity index (χ1) is 8.65. The number of nitro benzene ring substituents is 1. The van der Waals surface area contributed by atoms with E-state index in [9.17, 15) is 10.1 Å². The van der Waals surface area contributed by atoms with Crippen LogP contribution in [-0.2, 0) is 5.88 Å². The number of halogens is 1. The Morgan fingerprint density at radius 1 is 1.56 bits per heavy atom. The molecule has 1 aromatic rings. The Morgan fingerprint density at radius 3 is 2.89 bits per heavy atom. The zero-order valence-corrected chi connectivity index (χ0v) is 11.2. The van der Waals surface area contributed by atoms with Crippen molar-refractivity contribution in [1.82, 2.24) is 0 Å². The van der Waals surface area contributed by atoms with Gasteiger partial charge in [-0.3, -0.25) is 10.1 Å². The van der Waals surface area contributed by atoms with Gasteiger partial charge in [0.25, 0.3) is 5.69 Å². The van der Waals surface area contributed by atoms with Crippen molar-refractivity contribution in [2.75, 3.05) is 18.0 Å². The van der Waals surface area contributed by atoms with E-state index in [2.05, 4.69) is 11.8 Å². The average Bonchev–Trinajstić information content (AvgIpc) is 2.86. The highest BCUT2D eigenvalue weighted by Crippen LogP contribution is 2.31. The van der Waals surface area contributed by atoms with Crippen molar-refractivity contribution in [3.63, 3.8) is 0 Å². The molecule has 98 valence electrons. The van der Waals surface area contributed by atoms with Gasteiger partial charge in [-0.2, -0.15) is 0 Å². The zero-order chi connectivity index (χ0) is 13.1. The minimum atomic E-state index is -0.376. The summed E-state index contributed by atoms with van der Waals surface area (Å²) in [4.78, 5) is 12.7. The van der Waals surface area contributed by atoms with E-state index in [-0.39, 0.29) is 10.6 Å². The van der Waals surface area contributed by atoms with Gasteiger partial charge in [0.1, 0.15) is 0 Å². The Bertz CT molecular complexity index is 451. The first kappa shape index (κ1) is 13.1. The monoisotopic (exact) mass is 268 g/mol. The predicted octanol–water partition coefficient (Wildman–Crippen LogP) is 3.57. The lowest BCUT2D eigenvalue weighted by Gasteiger charge is -2.21. The maximum atomic E-state index is 10.7. The van der Waals surface area contributed by atoms with Crippen LogP contribution in [0.5, 0.6) is 0 Å². The largest absolute Gasteiger partial charge is 0.371 e. The Kier molecular flexibility index (Phi) is 4.07. The molecule has 1 unspecified atom stereocenters. The van der Waals surface area contributed by atoms with E-state index in [4.69, 9.17) is 11.6 Å². The fourth-order valence-corrected chi connectivity index (χ4v) is 2.70. The summed E-state index contributed by atoms with van der Waals surface area (Å²) in [6, 6.07) is 4.97. The molecular formula is C13H17ClN2O2. The highest BCUT2D eigenvalue weighted by atomic mass is 35.5. The van der Waals surface area contributed by atoms with Crippen LogP contribution < -0.4 is 4.90 Å². The van der Waals surface area contributed by atoms with Crippen LogP contribution in [0.15, 0.2) is 18.2 Å². The molecule has 4 nitrogen and oxygen atoms in total. The lowest BCUT2D eigenvalue weighted by atomic mass is 10.1. The van der Waals surface area contributed by atoms with Crippen LogP contribution in [0.2, 0.25) is 0 Å². The van der Waals surface area contributed by atoms with Crippen molar-refractivity contribution in [2.45, 2.75) is 25.6 Å². The molecule has 1 aliphatic rings. The molecule has 0 bridgehead atoms. The number of alkyl halides is 1. The van der Waals surface area contributed by atoms with Gasteiger partial charge in [0, 0.05) is 36.8 Å². The highest BCUT2D eigenvalue weighted by Gasteiger charge is 2.23. The third kappa shape index (κ3) is 2.58. The van der Waals surface area contributed by atoms with Crippen LogP contribution in [-0.4, -0.2) is 18.0 Å². The SMILES string of the molecule is CCC1CCN(c2ccc([N+](=O)[O-])cc2CCl)C1. The highest BCUT2D eigenvalue weighted by molar-refractivity contribution is 6.17. The quantitative estimate of drug-likeness (QED) is 0.476. The minimum absolute atomic E-state index is 0.112. The average molecular weight is 269 g/mol. The van der Waals surface area contributed by atoms with Crippen LogP contribution in [0.4, 0.5) is 11.4 Å². The van der Waals surface area contributed by atoms with Crippen molar-refractivity contribution in [1.29, 1.82) is 0 Å². The molecule has 0 radical (unpaired) electrons. The zero-order valence-electron chi connectivity index (χ0n) is 10.4. The van der Waals surface area contributed by atoms with Gasteiger partial charge in [-0.25, -0.2) is 0 Å². The smallest absolute Gasteiger partial charge is 0.269 e. The van der Waals surface area contributed by atoms with Crippen LogP contribution in [0, 0.1) is 16.0 Å². The summed E-state index contributed by atoms with van der Waals surface area (Å²) >= 11 is 5.91. The van der Waals surface area contributed by atoms with Gasteiger partial charge < -0.3 is 4.90 Å². The molecule has 1 aromatic carbocycles. The third-order valence-electron chi connectivity index (χ3n) is 3.62. The maximum absolute atomic E-state index is 10.7. The lowest BCUT2D eigenvalue weighted by Crippen LogP contribution is -2.20. The van der Waals surface area contributed by atoms with E-state index in [1.54, 1.807) is 12.1 Å². The molecule has 1 saturated heterocycles. The number of benzene rings is 1. The summed E-state index contributed by atoms with van der Waals surface area (Å²) in [6.45, 7) is 4.24. The number of anilines is 1. The predicted molar refractivity (Wildman–Crippen MR) is 73.3 cm³/mol. The van der Waals surface area contributed by atoms with Crippen molar-refractivity contribution >= 4 is 23.0 Å². The van der Waals surface area contributed by atoms with Crippen LogP contribution in [0.3, 0.4) is 0 Å². The van der Waals surface area contributed by atoms with Crippen LogP contribution in [0.1, 0.15) is 25.3 Å². The number of non-ortho nitro benzene ring substituents is 1. The van der Waals surface area contributed by atoms with Crippen molar-refractivity contribution in [3.05, 3.63) is 33.9 Å². The van der Waals surface area contributed by atoms with E-state index >= 15 is 0 Å². The Morgan fingerprint density at radius 2 is 2.33 bits per heavy atom. The summed E-state index contributed by atoms with van der Waals surface area (Å²) in [7, 11) is 0. The Balaban J connectivity index is 2.25. The standard InChI is InChI=1S/C13H17ClN2O2/c1-2-10-5-6-15(9-10)13-4-3-12(16(17)18)7-11(13)8-14/h3-4,7,10H,2,5-6,8-9H2,1H3. The molecule has 0 saturated carbocycles. The minimum Gasteiger partial charge on any atom is -0.371 e. The van der Waals surface area contributed by atoms with E-state index in [0.29, 0.717) is 5.88 Å². The molecule has 1 aliphatic heterocycles. The Labute approximate surface area is 112 Å². The molecule has 18 heavy (non-hydrogen) atoms. The molecule has 0 aromatic heterocycles. The molecular weight excluding hydrogens is 252 g/mol.